The number of H-pyrrole nitrogens is 1. The second kappa shape index (κ2) is 4.31. The van der Waals surface area contributed by atoms with Gasteiger partial charge in [-0.3, -0.25) is 4.57 Å². The molecule has 3 rings (SSSR count). The predicted octanol–water partition coefficient (Wildman–Crippen LogP) is 4.88. The summed E-state index contributed by atoms with van der Waals surface area (Å²) >= 11 is 18.7. The molecule has 1 aliphatic heterocycles. The molecule has 92 valence electrons. The number of rotatable bonds is 1. The lowest BCUT2D eigenvalue weighted by Crippen LogP contribution is -1.98. The number of imidazole rings is 1. The normalized spacial score (nSPS) is 12.6. The van der Waals surface area contributed by atoms with Crippen LogP contribution in [0.4, 0.5) is 11.4 Å². The minimum absolute atomic E-state index is 0.493. The molecule has 1 N–H and O–H groups in total. The molecule has 18 heavy (non-hydrogen) atoms. The molecule has 4 nitrogen and oxygen atoms in total. The molecule has 0 atom stereocenters. The number of halogens is 2. The van der Waals surface area contributed by atoms with Gasteiger partial charge in [0.05, 0.1) is 27.1 Å². The van der Waals surface area contributed by atoms with E-state index in [4.69, 9.17) is 35.4 Å². The molecular weight excluding hydrogens is 311 g/mol. The van der Waals surface area contributed by atoms with Gasteiger partial charge in [0.25, 0.3) is 0 Å². The number of hydrogen-bond acceptors (Lipinski definition) is 3. The van der Waals surface area contributed by atoms with E-state index in [1.54, 1.807) is 6.07 Å². The molecule has 1 aromatic carbocycles. The van der Waals surface area contributed by atoms with E-state index in [0.717, 1.165) is 17.0 Å². The van der Waals surface area contributed by atoms with Crippen molar-refractivity contribution in [3.8, 4) is 5.69 Å². The van der Waals surface area contributed by atoms with Crippen molar-refractivity contribution < 1.29 is 0 Å². The van der Waals surface area contributed by atoms with Crippen molar-refractivity contribution in [3.05, 3.63) is 32.8 Å². The van der Waals surface area contributed by atoms with E-state index in [1.807, 2.05) is 17.7 Å². The second-order valence-electron chi connectivity index (χ2n) is 3.72. The number of hydrogen-bond donors (Lipinski definition) is 1. The number of aromatic nitrogens is 2. The molecule has 8 heteroatoms. The Morgan fingerprint density at radius 2 is 2.00 bits per heavy atom. The molecule has 2 heterocycles. The first-order chi connectivity index (χ1) is 8.59. The lowest BCUT2D eigenvalue weighted by Gasteiger charge is -2.11. The third-order valence-corrected chi connectivity index (χ3v) is 4.01. The maximum atomic E-state index is 6.27. The van der Waals surface area contributed by atoms with Crippen LogP contribution in [-0.2, 0) is 11.4 Å². The van der Waals surface area contributed by atoms with Crippen molar-refractivity contribution in [3.63, 3.8) is 0 Å². The Morgan fingerprint density at radius 1 is 1.28 bits per heavy atom. The number of nitrogens with one attached hydrogen (secondary N) is 1. The fraction of sp³-hybridized carbons (Fsp3) is 0.100. The standard InChI is InChI=1S/C10H6Cl2N4S2/c1-4-3-13-10(17)16(4)9-6(12)2-5(11)7-8(9)15-18-14-7/h2-3H,1H3,(H,13,17). The van der Waals surface area contributed by atoms with Crippen molar-refractivity contribution in [2.24, 2.45) is 8.73 Å². The minimum atomic E-state index is 0.493. The molecule has 0 unspecified atom stereocenters. The Bertz CT molecular complexity index is 784. The predicted molar refractivity (Wildman–Crippen MR) is 77.3 cm³/mol. The van der Waals surface area contributed by atoms with Crippen molar-refractivity contribution in [1.29, 1.82) is 0 Å². The summed E-state index contributed by atoms with van der Waals surface area (Å²) < 4.78 is 10.8. The monoisotopic (exact) mass is 316 g/mol. The summed E-state index contributed by atoms with van der Waals surface area (Å²) in [6.45, 7) is 1.93. The highest BCUT2D eigenvalue weighted by Crippen LogP contribution is 2.46. The molecule has 0 fully saturated rings. The molecule has 0 amide bonds. The average Bonchev–Trinajstić information content (AvgIpc) is 2.90. The Morgan fingerprint density at radius 3 is 2.67 bits per heavy atom. The highest BCUT2D eigenvalue weighted by molar-refractivity contribution is 7.71. The molecule has 0 saturated heterocycles. The Kier molecular flexibility index (Phi) is 2.90. The number of benzene rings is 1. The summed E-state index contributed by atoms with van der Waals surface area (Å²) in [6, 6.07) is 1.66. The number of nitrogens with zero attached hydrogens (tertiary/aromatic N) is 3. The van der Waals surface area contributed by atoms with Gasteiger partial charge in [0.1, 0.15) is 11.4 Å². The number of aryl methyl sites for hydroxylation is 1. The van der Waals surface area contributed by atoms with Crippen LogP contribution < -0.4 is 0 Å². The van der Waals surface area contributed by atoms with Crippen LogP contribution in [0.5, 0.6) is 0 Å². The average molecular weight is 317 g/mol. The summed E-state index contributed by atoms with van der Waals surface area (Å²) in [5.41, 5.74) is 2.96. The van der Waals surface area contributed by atoms with Gasteiger partial charge in [0, 0.05) is 11.9 Å². The van der Waals surface area contributed by atoms with Gasteiger partial charge in [-0.2, -0.15) is 8.73 Å². The van der Waals surface area contributed by atoms with Gasteiger partial charge in [-0.15, -0.1) is 0 Å². The van der Waals surface area contributed by atoms with Crippen molar-refractivity contribution in [2.45, 2.75) is 6.92 Å². The minimum Gasteiger partial charge on any atom is -0.337 e. The molecule has 0 aliphatic carbocycles. The maximum Gasteiger partial charge on any atom is 0.182 e. The topological polar surface area (TPSA) is 45.4 Å². The second-order valence-corrected chi connectivity index (χ2v) is 5.45. The van der Waals surface area contributed by atoms with Gasteiger partial charge in [0.15, 0.2) is 4.77 Å². The zero-order valence-corrected chi connectivity index (χ0v) is 12.2. The van der Waals surface area contributed by atoms with Crippen LogP contribution in [-0.4, -0.2) is 9.55 Å². The summed E-state index contributed by atoms with van der Waals surface area (Å²) in [7, 11) is 0. The lowest BCUT2D eigenvalue weighted by atomic mass is 10.2. The van der Waals surface area contributed by atoms with Crippen LogP contribution >= 0.6 is 35.4 Å². The fourth-order valence-corrected chi connectivity index (χ4v) is 3.29. The Labute approximate surface area is 121 Å². The van der Waals surface area contributed by atoms with Gasteiger partial charge in [-0.05, 0) is 25.2 Å². The van der Waals surface area contributed by atoms with Crippen LogP contribution in [0.2, 0.25) is 10.0 Å². The largest absolute Gasteiger partial charge is 0.337 e. The summed E-state index contributed by atoms with van der Waals surface area (Å²) in [4.78, 5) is 2.98. The number of fused-ring (bicyclic) bond motifs is 1. The quantitative estimate of drug-likeness (QED) is 0.639. The van der Waals surface area contributed by atoms with E-state index >= 15 is 0 Å². The van der Waals surface area contributed by atoms with E-state index in [2.05, 4.69) is 13.7 Å². The van der Waals surface area contributed by atoms with Crippen LogP contribution in [0.1, 0.15) is 5.69 Å². The first-order valence-corrected chi connectivity index (χ1v) is 6.86. The van der Waals surface area contributed by atoms with Gasteiger partial charge >= 0.3 is 0 Å². The van der Waals surface area contributed by atoms with Gasteiger partial charge in [-0.25, -0.2) is 0 Å². The summed E-state index contributed by atoms with van der Waals surface area (Å²) in [5, 5.41) is 0.992. The van der Waals surface area contributed by atoms with E-state index in [1.165, 1.54) is 0 Å². The molecular formula is C10H6Cl2N4S2. The zero-order chi connectivity index (χ0) is 12.9. The molecule has 0 bridgehead atoms. The van der Waals surface area contributed by atoms with E-state index in [9.17, 15) is 0 Å². The first kappa shape index (κ1) is 12.1. The van der Waals surface area contributed by atoms with Crippen LogP contribution in [0.25, 0.3) is 5.69 Å². The smallest absolute Gasteiger partial charge is 0.182 e. The SMILES string of the molecule is Cc1c[nH]c(=S)n1-c1c(Cl)cc(Cl)c2c1N=S=N2. The third-order valence-electron chi connectivity index (χ3n) is 2.60. The lowest BCUT2D eigenvalue weighted by molar-refractivity contribution is 0.986. The highest BCUT2D eigenvalue weighted by atomic mass is 35.5. The fourth-order valence-electron chi connectivity index (χ4n) is 1.81. The van der Waals surface area contributed by atoms with Crippen LogP contribution in [0.15, 0.2) is 21.0 Å². The summed E-state index contributed by atoms with van der Waals surface area (Å²) in [5.74, 6) is 0. The van der Waals surface area contributed by atoms with Gasteiger partial charge in [0.2, 0.25) is 0 Å². The van der Waals surface area contributed by atoms with Crippen molar-refractivity contribution in [2.75, 3.05) is 0 Å². The summed E-state index contributed by atoms with van der Waals surface area (Å²) in [6.07, 6.45) is 1.82. The molecule has 1 aromatic heterocycles. The van der Waals surface area contributed by atoms with E-state index in [0.29, 0.717) is 31.9 Å². The van der Waals surface area contributed by atoms with Crippen LogP contribution in [0, 0.1) is 11.7 Å². The molecule has 2 aromatic rings. The van der Waals surface area contributed by atoms with Crippen LogP contribution in [0.3, 0.4) is 0 Å². The molecule has 0 saturated carbocycles. The number of aromatic amines is 1. The zero-order valence-electron chi connectivity index (χ0n) is 9.07. The maximum absolute atomic E-state index is 6.27. The molecule has 0 spiro atoms. The Balaban J connectivity index is 2.43. The van der Waals surface area contributed by atoms with Crippen molar-refractivity contribution in [1.82, 2.24) is 9.55 Å². The third kappa shape index (κ3) is 1.68. The van der Waals surface area contributed by atoms with Gasteiger partial charge in [-0.1, -0.05) is 23.2 Å². The highest BCUT2D eigenvalue weighted by Gasteiger charge is 2.21. The Hall–Kier alpha value is -0.950. The first-order valence-electron chi connectivity index (χ1n) is 4.97. The van der Waals surface area contributed by atoms with E-state index in [-0.39, 0.29) is 0 Å². The molecule has 1 aliphatic rings. The molecule has 0 radical (unpaired) electrons. The van der Waals surface area contributed by atoms with Crippen molar-refractivity contribution >= 4 is 58.1 Å². The van der Waals surface area contributed by atoms with E-state index < -0.39 is 0 Å². The van der Waals surface area contributed by atoms with Gasteiger partial charge < -0.3 is 4.98 Å².